The van der Waals surface area contributed by atoms with Crippen LogP contribution >= 0.6 is 11.6 Å². The summed E-state index contributed by atoms with van der Waals surface area (Å²) >= 11 is 6.18. The molecule has 1 aromatic carbocycles. The van der Waals surface area contributed by atoms with E-state index >= 15 is 0 Å². The van der Waals surface area contributed by atoms with Crippen LogP contribution in [0.15, 0.2) is 30.6 Å². The van der Waals surface area contributed by atoms with E-state index in [4.69, 9.17) is 11.6 Å². The summed E-state index contributed by atoms with van der Waals surface area (Å²) in [7, 11) is 1.81. The van der Waals surface area contributed by atoms with Crippen molar-refractivity contribution in [2.24, 2.45) is 7.05 Å². The van der Waals surface area contributed by atoms with Crippen molar-refractivity contribution in [1.82, 2.24) is 34.8 Å². The van der Waals surface area contributed by atoms with Crippen LogP contribution in [0.5, 0.6) is 0 Å². The van der Waals surface area contributed by atoms with Crippen molar-refractivity contribution < 1.29 is 4.79 Å². The van der Waals surface area contributed by atoms with Gasteiger partial charge in [0.25, 0.3) is 5.91 Å². The highest BCUT2D eigenvalue weighted by Crippen LogP contribution is 2.20. The molecule has 0 saturated heterocycles. The zero-order valence-electron chi connectivity index (χ0n) is 13.4. The number of halogens is 1. The lowest BCUT2D eigenvalue weighted by Gasteiger charge is -2.11. The molecular formula is C15H16ClN7O. The molecule has 8 nitrogen and oxygen atoms in total. The molecule has 0 aliphatic heterocycles. The molecule has 0 aliphatic rings. The normalized spacial score (nSPS) is 12.2. The first kappa shape index (κ1) is 16.1. The minimum absolute atomic E-state index is 0.0708. The molecule has 2 heterocycles. The van der Waals surface area contributed by atoms with E-state index in [0.29, 0.717) is 22.4 Å². The summed E-state index contributed by atoms with van der Waals surface area (Å²) in [4.78, 5) is 16.6. The second-order valence-corrected chi connectivity index (χ2v) is 5.75. The highest BCUT2D eigenvalue weighted by molar-refractivity contribution is 6.32. The van der Waals surface area contributed by atoms with Crippen LogP contribution < -0.4 is 5.32 Å². The number of carbonyl (C=O) groups excluding carboxylic acids is 1. The Morgan fingerprint density at radius 1 is 1.33 bits per heavy atom. The van der Waals surface area contributed by atoms with E-state index < -0.39 is 0 Å². The van der Waals surface area contributed by atoms with E-state index in [0.717, 1.165) is 0 Å². The summed E-state index contributed by atoms with van der Waals surface area (Å²) < 4.78 is 3.29. The van der Waals surface area contributed by atoms with E-state index in [2.05, 4.69) is 25.6 Å². The maximum absolute atomic E-state index is 12.4. The molecule has 2 aromatic heterocycles. The Balaban J connectivity index is 1.83. The van der Waals surface area contributed by atoms with Crippen LogP contribution in [0.2, 0.25) is 5.02 Å². The number of amides is 1. The average Bonchev–Trinajstić information content (AvgIpc) is 3.14. The first-order chi connectivity index (χ1) is 11.5. The Morgan fingerprint density at radius 2 is 2.08 bits per heavy atom. The Bertz CT molecular complexity index is 886. The van der Waals surface area contributed by atoms with Crippen molar-refractivity contribution in [2.45, 2.75) is 19.9 Å². The smallest absolute Gasteiger partial charge is 0.291 e. The number of nitrogens with one attached hydrogen (secondary N) is 1. The molecule has 0 bridgehead atoms. The van der Waals surface area contributed by atoms with Gasteiger partial charge in [-0.25, -0.2) is 9.67 Å². The molecule has 1 N–H and O–H groups in total. The molecule has 24 heavy (non-hydrogen) atoms. The molecule has 0 radical (unpaired) electrons. The van der Waals surface area contributed by atoms with Crippen molar-refractivity contribution in [2.75, 3.05) is 0 Å². The van der Waals surface area contributed by atoms with E-state index in [1.54, 1.807) is 28.6 Å². The predicted molar refractivity (Wildman–Crippen MR) is 88.0 cm³/mol. The molecule has 0 aliphatic carbocycles. The lowest BCUT2D eigenvalue weighted by atomic mass is 10.3. The van der Waals surface area contributed by atoms with Gasteiger partial charge in [-0.2, -0.15) is 0 Å². The largest absolute Gasteiger partial charge is 0.340 e. The SMILES string of the molecule is Cc1nc(C(=O)NC(C)c2nncn2C)nn1-c1ccccc1Cl. The quantitative estimate of drug-likeness (QED) is 0.779. The number of carbonyl (C=O) groups is 1. The van der Waals surface area contributed by atoms with Gasteiger partial charge in [0, 0.05) is 7.05 Å². The minimum atomic E-state index is -0.389. The summed E-state index contributed by atoms with van der Waals surface area (Å²) in [5.41, 5.74) is 0.671. The number of nitrogens with zero attached hydrogens (tertiary/aromatic N) is 6. The van der Waals surface area contributed by atoms with E-state index in [1.807, 2.05) is 32.2 Å². The predicted octanol–water partition coefficient (Wildman–Crippen LogP) is 1.85. The molecule has 0 fully saturated rings. The summed E-state index contributed by atoms with van der Waals surface area (Å²) in [5, 5.41) is 15.4. The molecule has 1 amide bonds. The zero-order valence-corrected chi connectivity index (χ0v) is 14.2. The zero-order chi connectivity index (χ0) is 17.3. The van der Waals surface area contributed by atoms with Crippen LogP contribution in [0.1, 0.15) is 35.2 Å². The van der Waals surface area contributed by atoms with Crippen molar-refractivity contribution in [3.63, 3.8) is 0 Å². The van der Waals surface area contributed by atoms with E-state index in [-0.39, 0.29) is 17.8 Å². The monoisotopic (exact) mass is 345 g/mol. The number of hydrogen-bond donors (Lipinski definition) is 1. The van der Waals surface area contributed by atoms with Gasteiger partial charge in [-0.15, -0.1) is 15.3 Å². The van der Waals surface area contributed by atoms with Gasteiger partial charge in [0.15, 0.2) is 5.82 Å². The van der Waals surface area contributed by atoms with Gasteiger partial charge in [-0.1, -0.05) is 23.7 Å². The van der Waals surface area contributed by atoms with Gasteiger partial charge in [-0.05, 0) is 26.0 Å². The molecule has 3 aromatic rings. The van der Waals surface area contributed by atoms with Gasteiger partial charge in [-0.3, -0.25) is 4.79 Å². The van der Waals surface area contributed by atoms with Crippen LogP contribution in [0.4, 0.5) is 0 Å². The fourth-order valence-corrected chi connectivity index (χ4v) is 2.56. The third kappa shape index (κ3) is 3.00. The van der Waals surface area contributed by atoms with Gasteiger partial charge < -0.3 is 9.88 Å². The summed E-state index contributed by atoms with van der Waals surface area (Å²) in [6.45, 7) is 3.58. The Morgan fingerprint density at radius 3 is 2.75 bits per heavy atom. The summed E-state index contributed by atoms with van der Waals surface area (Å²) in [6, 6.07) is 6.92. The van der Waals surface area contributed by atoms with Crippen molar-refractivity contribution in [1.29, 1.82) is 0 Å². The molecule has 0 spiro atoms. The lowest BCUT2D eigenvalue weighted by molar-refractivity contribution is 0.0927. The summed E-state index contributed by atoms with van der Waals surface area (Å²) in [5.74, 6) is 0.894. The molecule has 1 atom stereocenters. The molecular weight excluding hydrogens is 330 g/mol. The van der Waals surface area contributed by atoms with Gasteiger partial charge >= 0.3 is 0 Å². The lowest BCUT2D eigenvalue weighted by Crippen LogP contribution is -2.29. The van der Waals surface area contributed by atoms with Gasteiger partial charge in [0.1, 0.15) is 12.2 Å². The topological polar surface area (TPSA) is 90.5 Å². The number of aromatic nitrogens is 6. The summed E-state index contributed by atoms with van der Waals surface area (Å²) in [6.07, 6.45) is 1.58. The highest BCUT2D eigenvalue weighted by atomic mass is 35.5. The van der Waals surface area contributed by atoms with Crippen LogP contribution in [0.3, 0.4) is 0 Å². The highest BCUT2D eigenvalue weighted by Gasteiger charge is 2.20. The first-order valence-corrected chi connectivity index (χ1v) is 7.68. The van der Waals surface area contributed by atoms with E-state index in [1.165, 1.54) is 0 Å². The number of aryl methyl sites for hydroxylation is 2. The van der Waals surface area contributed by atoms with Crippen molar-refractivity contribution >= 4 is 17.5 Å². The maximum atomic E-state index is 12.4. The van der Waals surface area contributed by atoms with E-state index in [9.17, 15) is 4.79 Å². The molecule has 1 unspecified atom stereocenters. The number of para-hydroxylation sites is 1. The molecule has 9 heteroatoms. The van der Waals surface area contributed by atoms with Crippen LogP contribution in [-0.2, 0) is 7.05 Å². The maximum Gasteiger partial charge on any atom is 0.291 e. The second kappa shape index (κ2) is 6.40. The van der Waals surface area contributed by atoms with Crippen molar-refractivity contribution in [3.05, 3.63) is 53.1 Å². The third-order valence-corrected chi connectivity index (χ3v) is 3.85. The molecule has 0 saturated carbocycles. The molecule has 124 valence electrons. The van der Waals surface area contributed by atoms with Crippen molar-refractivity contribution in [3.8, 4) is 5.69 Å². The Hall–Kier alpha value is -2.74. The van der Waals surface area contributed by atoms with Gasteiger partial charge in [0.05, 0.1) is 16.8 Å². The van der Waals surface area contributed by atoms with Crippen LogP contribution in [0, 0.1) is 6.92 Å². The van der Waals surface area contributed by atoms with Gasteiger partial charge in [0.2, 0.25) is 5.82 Å². The number of rotatable bonds is 4. The number of hydrogen-bond acceptors (Lipinski definition) is 5. The minimum Gasteiger partial charge on any atom is -0.340 e. The fraction of sp³-hybridized carbons (Fsp3) is 0.267. The Kier molecular flexibility index (Phi) is 4.30. The Labute approximate surface area is 143 Å². The third-order valence-electron chi connectivity index (χ3n) is 3.53. The number of benzene rings is 1. The standard InChI is InChI=1S/C15H16ClN7O/c1-9(14-20-17-8-22(14)3)18-15(24)13-19-10(2)23(21-13)12-7-5-4-6-11(12)16/h4-9H,1-3H3,(H,18,24). The average molecular weight is 346 g/mol. The first-order valence-electron chi connectivity index (χ1n) is 7.30. The molecule has 3 rings (SSSR count). The van der Waals surface area contributed by atoms with Crippen LogP contribution in [-0.4, -0.2) is 35.4 Å². The second-order valence-electron chi connectivity index (χ2n) is 5.34. The fourth-order valence-electron chi connectivity index (χ4n) is 2.35. The van der Waals surface area contributed by atoms with Crippen LogP contribution in [0.25, 0.3) is 5.69 Å².